The molecule has 0 unspecified atom stereocenters. The Balaban J connectivity index is 1.98. The van der Waals surface area contributed by atoms with Crippen LogP contribution in [0.25, 0.3) is 0 Å². The minimum Gasteiger partial charge on any atom is -0.482 e. The fraction of sp³-hybridized carbons (Fsp3) is 0.143. The molecule has 5 nitrogen and oxygen atoms in total. The van der Waals surface area contributed by atoms with Gasteiger partial charge in [0.1, 0.15) is 5.75 Å². The van der Waals surface area contributed by atoms with Crippen molar-refractivity contribution in [3.63, 3.8) is 0 Å². The topological polar surface area (TPSA) is 75.6 Å². The summed E-state index contributed by atoms with van der Waals surface area (Å²) >= 11 is 7.01. The Morgan fingerprint density at radius 1 is 1.38 bits per heavy atom. The van der Waals surface area contributed by atoms with Crippen molar-refractivity contribution >= 4 is 40.5 Å². The van der Waals surface area contributed by atoms with Gasteiger partial charge in [0.05, 0.1) is 0 Å². The average molecular weight is 326 g/mol. The maximum Gasteiger partial charge on any atom is 0.349 e. The van der Waals surface area contributed by atoms with Crippen LogP contribution in [0, 0.1) is 6.92 Å². The Kier molecular flexibility index (Phi) is 4.82. The second-order valence-corrected chi connectivity index (χ2v) is 5.49. The van der Waals surface area contributed by atoms with E-state index in [2.05, 4.69) is 5.32 Å². The molecule has 0 aliphatic rings. The maximum atomic E-state index is 11.8. The van der Waals surface area contributed by atoms with Crippen molar-refractivity contribution in [2.24, 2.45) is 0 Å². The van der Waals surface area contributed by atoms with E-state index < -0.39 is 5.97 Å². The molecule has 110 valence electrons. The maximum absolute atomic E-state index is 11.8. The number of carboxylic acids is 1. The van der Waals surface area contributed by atoms with E-state index in [9.17, 15) is 9.59 Å². The number of carbonyl (C=O) groups excluding carboxylic acids is 1. The zero-order valence-electron chi connectivity index (χ0n) is 11.1. The van der Waals surface area contributed by atoms with Crippen LogP contribution in [0.4, 0.5) is 5.69 Å². The number of anilines is 1. The lowest BCUT2D eigenvalue weighted by Crippen LogP contribution is -2.21. The molecule has 7 heteroatoms. The van der Waals surface area contributed by atoms with Gasteiger partial charge in [0, 0.05) is 10.7 Å². The van der Waals surface area contributed by atoms with Gasteiger partial charge in [-0.3, -0.25) is 4.79 Å². The minimum absolute atomic E-state index is 0.0711. The molecule has 1 aromatic heterocycles. The fourth-order valence-electron chi connectivity index (χ4n) is 1.64. The summed E-state index contributed by atoms with van der Waals surface area (Å²) in [5, 5.41) is 13.8. The highest BCUT2D eigenvalue weighted by Gasteiger charge is 2.14. The molecule has 1 aromatic carbocycles. The van der Waals surface area contributed by atoms with Crippen LogP contribution in [0.3, 0.4) is 0 Å². The van der Waals surface area contributed by atoms with E-state index in [0.717, 1.165) is 16.9 Å². The highest BCUT2D eigenvalue weighted by molar-refractivity contribution is 7.12. The lowest BCUT2D eigenvalue weighted by molar-refractivity contribution is -0.118. The predicted octanol–water partition coefficient (Wildman–Crippen LogP) is 3.43. The summed E-state index contributed by atoms with van der Waals surface area (Å²) in [7, 11) is 0. The van der Waals surface area contributed by atoms with Crippen LogP contribution >= 0.6 is 22.9 Å². The number of ether oxygens (including phenoxy) is 1. The van der Waals surface area contributed by atoms with Crippen LogP contribution in [0.2, 0.25) is 5.02 Å². The molecule has 2 N–H and O–H groups in total. The van der Waals surface area contributed by atoms with E-state index in [1.807, 2.05) is 0 Å². The first kappa shape index (κ1) is 15.3. The SMILES string of the molecule is Cc1c(Cl)cccc1NC(=O)COc1ccsc1C(=O)O. The molecule has 0 spiro atoms. The van der Waals surface area contributed by atoms with Crippen molar-refractivity contribution in [2.75, 3.05) is 11.9 Å². The van der Waals surface area contributed by atoms with Gasteiger partial charge in [-0.2, -0.15) is 0 Å². The van der Waals surface area contributed by atoms with Crippen molar-refractivity contribution in [1.82, 2.24) is 0 Å². The number of aromatic carboxylic acids is 1. The Morgan fingerprint density at radius 3 is 2.86 bits per heavy atom. The number of hydrogen-bond donors (Lipinski definition) is 2. The summed E-state index contributed by atoms with van der Waals surface area (Å²) in [6, 6.07) is 6.71. The number of carboxylic acid groups (broad SMARTS) is 1. The van der Waals surface area contributed by atoms with Crippen molar-refractivity contribution in [1.29, 1.82) is 0 Å². The lowest BCUT2D eigenvalue weighted by atomic mass is 10.2. The number of benzene rings is 1. The van der Waals surface area contributed by atoms with E-state index >= 15 is 0 Å². The molecular weight excluding hydrogens is 314 g/mol. The van der Waals surface area contributed by atoms with Gasteiger partial charge in [0.2, 0.25) is 0 Å². The van der Waals surface area contributed by atoms with E-state index in [-0.39, 0.29) is 23.1 Å². The summed E-state index contributed by atoms with van der Waals surface area (Å²) in [6.45, 7) is 1.52. The Morgan fingerprint density at radius 2 is 2.14 bits per heavy atom. The molecule has 0 atom stereocenters. The number of carbonyl (C=O) groups is 2. The third-order valence-corrected chi connectivity index (χ3v) is 4.02. The quantitative estimate of drug-likeness (QED) is 0.883. The van der Waals surface area contributed by atoms with E-state index in [0.29, 0.717) is 10.7 Å². The molecule has 0 radical (unpaired) electrons. The molecule has 2 rings (SSSR count). The van der Waals surface area contributed by atoms with Crippen LogP contribution < -0.4 is 10.1 Å². The van der Waals surface area contributed by atoms with Crippen LogP contribution in [-0.2, 0) is 4.79 Å². The van der Waals surface area contributed by atoms with Crippen LogP contribution in [0.5, 0.6) is 5.75 Å². The molecule has 0 fully saturated rings. The molecule has 0 saturated heterocycles. The molecule has 2 aromatic rings. The predicted molar refractivity (Wildman–Crippen MR) is 81.6 cm³/mol. The van der Waals surface area contributed by atoms with Crippen LogP contribution in [-0.4, -0.2) is 23.6 Å². The summed E-state index contributed by atoms with van der Waals surface area (Å²) in [6.07, 6.45) is 0. The number of thiophene rings is 1. The van der Waals surface area contributed by atoms with Gasteiger partial charge < -0.3 is 15.2 Å². The Labute approximate surface area is 130 Å². The molecule has 0 bridgehead atoms. The number of hydrogen-bond acceptors (Lipinski definition) is 4. The zero-order chi connectivity index (χ0) is 15.4. The van der Waals surface area contributed by atoms with E-state index in [4.69, 9.17) is 21.4 Å². The van der Waals surface area contributed by atoms with E-state index in [1.54, 1.807) is 30.5 Å². The second-order valence-electron chi connectivity index (χ2n) is 4.17. The Hall–Kier alpha value is -2.05. The third kappa shape index (κ3) is 3.74. The normalized spacial score (nSPS) is 10.2. The zero-order valence-corrected chi connectivity index (χ0v) is 12.6. The molecule has 0 saturated carbocycles. The van der Waals surface area contributed by atoms with Gasteiger partial charge in [-0.25, -0.2) is 4.79 Å². The average Bonchev–Trinajstić information content (AvgIpc) is 2.90. The molecule has 21 heavy (non-hydrogen) atoms. The highest BCUT2D eigenvalue weighted by Crippen LogP contribution is 2.25. The van der Waals surface area contributed by atoms with Crippen molar-refractivity contribution in [3.05, 3.63) is 45.1 Å². The van der Waals surface area contributed by atoms with Crippen LogP contribution in [0.15, 0.2) is 29.6 Å². The number of halogens is 1. The van der Waals surface area contributed by atoms with Gasteiger partial charge >= 0.3 is 5.97 Å². The lowest BCUT2D eigenvalue weighted by Gasteiger charge is -2.10. The minimum atomic E-state index is -1.08. The number of nitrogens with one attached hydrogen (secondary N) is 1. The van der Waals surface area contributed by atoms with Gasteiger partial charge in [-0.15, -0.1) is 11.3 Å². The monoisotopic (exact) mass is 325 g/mol. The smallest absolute Gasteiger partial charge is 0.349 e. The summed E-state index contributed by atoms with van der Waals surface area (Å²) in [4.78, 5) is 22.8. The molecule has 1 heterocycles. The number of rotatable bonds is 5. The van der Waals surface area contributed by atoms with Crippen molar-refractivity contribution < 1.29 is 19.4 Å². The second kappa shape index (κ2) is 6.60. The van der Waals surface area contributed by atoms with Crippen molar-refractivity contribution in [3.8, 4) is 5.75 Å². The summed E-state index contributed by atoms with van der Waals surface area (Å²) in [5.74, 6) is -1.28. The Bertz CT molecular complexity index is 683. The largest absolute Gasteiger partial charge is 0.482 e. The van der Waals surface area contributed by atoms with Gasteiger partial charge in [-0.1, -0.05) is 17.7 Å². The fourth-order valence-corrected chi connectivity index (χ4v) is 2.49. The first-order valence-corrected chi connectivity index (χ1v) is 7.23. The molecule has 0 aliphatic carbocycles. The first-order chi connectivity index (χ1) is 9.99. The van der Waals surface area contributed by atoms with E-state index in [1.165, 1.54) is 6.07 Å². The summed E-state index contributed by atoms with van der Waals surface area (Å²) < 4.78 is 5.23. The van der Waals surface area contributed by atoms with Gasteiger partial charge in [0.25, 0.3) is 5.91 Å². The molecule has 0 aliphatic heterocycles. The van der Waals surface area contributed by atoms with Gasteiger partial charge in [-0.05, 0) is 36.1 Å². The number of amides is 1. The molecular formula is C14H12ClNO4S. The molecule has 1 amide bonds. The first-order valence-electron chi connectivity index (χ1n) is 5.97. The standard InChI is InChI=1S/C14H12ClNO4S/c1-8-9(15)3-2-4-10(8)16-12(17)7-20-11-5-6-21-13(11)14(18)19/h2-6H,7H2,1H3,(H,16,17)(H,18,19). The summed E-state index contributed by atoms with van der Waals surface area (Å²) in [5.41, 5.74) is 1.36. The van der Waals surface area contributed by atoms with Gasteiger partial charge in [0.15, 0.2) is 11.5 Å². The third-order valence-electron chi connectivity index (χ3n) is 2.72. The van der Waals surface area contributed by atoms with Crippen molar-refractivity contribution in [2.45, 2.75) is 6.92 Å². The highest BCUT2D eigenvalue weighted by atomic mass is 35.5. The van der Waals surface area contributed by atoms with Crippen LogP contribution in [0.1, 0.15) is 15.2 Å².